The van der Waals surface area contributed by atoms with Gasteiger partial charge >= 0.3 is 5.97 Å². The Labute approximate surface area is 121 Å². The Morgan fingerprint density at radius 3 is 2.75 bits per heavy atom. The normalized spacial score (nSPS) is 11.1. The zero-order valence-electron chi connectivity index (χ0n) is 11.4. The molecular weight excluding hydrogens is 270 g/mol. The van der Waals surface area contributed by atoms with Crippen LogP contribution in [0.4, 0.5) is 0 Å². The van der Waals surface area contributed by atoms with Gasteiger partial charge in [0.05, 0.1) is 12.1 Å². The van der Waals surface area contributed by atoms with Crippen LogP contribution in [-0.2, 0) is 6.54 Å². The van der Waals surface area contributed by atoms with Crippen molar-refractivity contribution >= 4 is 28.2 Å². The van der Waals surface area contributed by atoms with Gasteiger partial charge < -0.3 is 9.67 Å². The second-order valence-corrected chi connectivity index (χ2v) is 5.95. The number of rotatable bonds is 3. The summed E-state index contributed by atoms with van der Waals surface area (Å²) in [6, 6.07) is 9.53. The SMILES string of the molecule is Cc1c(C)n(Cc2cccs2)c2ccc(C(=O)O)cc12. The number of nitrogens with zero attached hydrogens (tertiary/aromatic N) is 1. The van der Waals surface area contributed by atoms with Crippen molar-refractivity contribution in [3.05, 3.63) is 57.4 Å². The Bertz CT molecular complexity index is 785. The smallest absolute Gasteiger partial charge is 0.335 e. The first-order valence-corrected chi connectivity index (χ1v) is 7.31. The highest BCUT2D eigenvalue weighted by Gasteiger charge is 2.13. The van der Waals surface area contributed by atoms with Crippen molar-refractivity contribution in [2.45, 2.75) is 20.4 Å². The molecule has 0 saturated carbocycles. The number of hydrogen-bond acceptors (Lipinski definition) is 2. The minimum Gasteiger partial charge on any atom is -0.478 e. The lowest BCUT2D eigenvalue weighted by molar-refractivity contribution is 0.0697. The fraction of sp³-hybridized carbons (Fsp3) is 0.188. The van der Waals surface area contributed by atoms with E-state index < -0.39 is 5.97 Å². The van der Waals surface area contributed by atoms with Crippen LogP contribution in [0, 0.1) is 13.8 Å². The number of aromatic carboxylic acids is 1. The van der Waals surface area contributed by atoms with Crippen molar-refractivity contribution in [1.82, 2.24) is 4.57 Å². The molecular formula is C16H15NO2S. The van der Waals surface area contributed by atoms with Gasteiger partial charge in [0.25, 0.3) is 0 Å². The first-order valence-electron chi connectivity index (χ1n) is 6.43. The van der Waals surface area contributed by atoms with Crippen molar-refractivity contribution in [3.63, 3.8) is 0 Å². The first-order chi connectivity index (χ1) is 9.58. The Kier molecular flexibility index (Phi) is 3.10. The highest BCUT2D eigenvalue weighted by Crippen LogP contribution is 2.27. The average Bonchev–Trinajstić information content (AvgIpc) is 3.02. The summed E-state index contributed by atoms with van der Waals surface area (Å²) in [7, 11) is 0. The molecule has 3 aromatic rings. The molecule has 0 bridgehead atoms. The fourth-order valence-electron chi connectivity index (χ4n) is 2.54. The van der Waals surface area contributed by atoms with E-state index in [4.69, 9.17) is 5.11 Å². The maximum Gasteiger partial charge on any atom is 0.335 e. The van der Waals surface area contributed by atoms with Crippen LogP contribution in [-0.4, -0.2) is 15.6 Å². The third kappa shape index (κ3) is 2.02. The highest BCUT2D eigenvalue weighted by atomic mass is 32.1. The van der Waals surface area contributed by atoms with Gasteiger partial charge in [0.2, 0.25) is 0 Å². The average molecular weight is 285 g/mol. The van der Waals surface area contributed by atoms with E-state index in [-0.39, 0.29) is 0 Å². The molecule has 4 heteroatoms. The van der Waals surface area contributed by atoms with Crippen LogP contribution in [0.3, 0.4) is 0 Å². The molecule has 0 aliphatic heterocycles. The summed E-state index contributed by atoms with van der Waals surface area (Å²) in [6.45, 7) is 4.97. The van der Waals surface area contributed by atoms with Gasteiger partial charge in [0.1, 0.15) is 0 Å². The number of carboxylic acids is 1. The molecule has 3 nitrogen and oxygen atoms in total. The molecule has 0 amide bonds. The molecule has 2 aromatic heterocycles. The molecule has 20 heavy (non-hydrogen) atoms. The van der Waals surface area contributed by atoms with Crippen LogP contribution in [0.5, 0.6) is 0 Å². The van der Waals surface area contributed by atoms with Crippen LogP contribution >= 0.6 is 11.3 Å². The number of fused-ring (bicyclic) bond motifs is 1. The lowest BCUT2D eigenvalue weighted by Crippen LogP contribution is -2.00. The van der Waals surface area contributed by atoms with Gasteiger partial charge in [0.15, 0.2) is 0 Å². The van der Waals surface area contributed by atoms with Gasteiger partial charge in [-0.25, -0.2) is 4.79 Å². The molecule has 0 fully saturated rings. The van der Waals surface area contributed by atoms with E-state index >= 15 is 0 Å². The molecule has 0 saturated heterocycles. The van der Waals surface area contributed by atoms with Crippen molar-refractivity contribution in [3.8, 4) is 0 Å². The summed E-state index contributed by atoms with van der Waals surface area (Å²) in [5.74, 6) is -0.880. The molecule has 0 atom stereocenters. The Hall–Kier alpha value is -2.07. The predicted octanol–water partition coefficient (Wildman–Crippen LogP) is 4.07. The lowest BCUT2D eigenvalue weighted by Gasteiger charge is -2.07. The van der Waals surface area contributed by atoms with E-state index in [1.165, 1.54) is 10.6 Å². The fourth-order valence-corrected chi connectivity index (χ4v) is 3.24. The number of thiophene rings is 1. The van der Waals surface area contributed by atoms with Gasteiger partial charge in [0, 0.05) is 21.5 Å². The minimum atomic E-state index is -0.880. The van der Waals surface area contributed by atoms with Gasteiger partial charge in [-0.3, -0.25) is 0 Å². The number of hydrogen-bond donors (Lipinski definition) is 1. The largest absolute Gasteiger partial charge is 0.478 e. The van der Waals surface area contributed by atoms with Crippen LogP contribution in [0.25, 0.3) is 10.9 Å². The third-order valence-corrected chi connectivity index (χ3v) is 4.64. The molecule has 0 unspecified atom stereocenters. The van der Waals surface area contributed by atoms with Gasteiger partial charge in [-0.1, -0.05) is 6.07 Å². The van der Waals surface area contributed by atoms with Crippen LogP contribution in [0.2, 0.25) is 0 Å². The maximum absolute atomic E-state index is 11.1. The number of carboxylic acid groups (broad SMARTS) is 1. The van der Waals surface area contributed by atoms with Crippen LogP contribution in [0.15, 0.2) is 35.7 Å². The topological polar surface area (TPSA) is 42.2 Å². The monoisotopic (exact) mass is 285 g/mol. The molecule has 0 aliphatic rings. The van der Waals surface area contributed by atoms with E-state index in [2.05, 4.69) is 29.0 Å². The molecule has 2 heterocycles. The first kappa shape index (κ1) is 12.9. The predicted molar refractivity (Wildman–Crippen MR) is 81.8 cm³/mol. The molecule has 102 valence electrons. The highest BCUT2D eigenvalue weighted by molar-refractivity contribution is 7.09. The zero-order valence-corrected chi connectivity index (χ0v) is 12.2. The molecule has 3 rings (SSSR count). The van der Waals surface area contributed by atoms with E-state index in [0.29, 0.717) is 5.56 Å². The van der Waals surface area contributed by atoms with Gasteiger partial charge in [-0.2, -0.15) is 0 Å². The molecule has 0 aliphatic carbocycles. The van der Waals surface area contributed by atoms with Crippen LogP contribution in [0.1, 0.15) is 26.5 Å². The number of benzene rings is 1. The summed E-state index contributed by atoms with van der Waals surface area (Å²) < 4.78 is 2.25. The molecule has 0 radical (unpaired) electrons. The second-order valence-electron chi connectivity index (χ2n) is 4.91. The maximum atomic E-state index is 11.1. The Morgan fingerprint density at radius 1 is 1.30 bits per heavy atom. The second kappa shape index (κ2) is 4.80. The number of aryl methyl sites for hydroxylation is 1. The number of aromatic nitrogens is 1. The van der Waals surface area contributed by atoms with Crippen LogP contribution < -0.4 is 0 Å². The standard InChI is InChI=1S/C16H15NO2S/c1-10-11(2)17(9-13-4-3-7-20-13)15-6-5-12(16(18)19)8-14(10)15/h3-8H,9H2,1-2H3,(H,18,19). The van der Waals surface area contributed by atoms with E-state index in [1.54, 1.807) is 23.5 Å². The summed E-state index contributed by atoms with van der Waals surface area (Å²) >= 11 is 1.74. The minimum absolute atomic E-state index is 0.342. The Balaban J connectivity index is 2.17. The Morgan fingerprint density at radius 2 is 2.10 bits per heavy atom. The third-order valence-electron chi connectivity index (χ3n) is 3.78. The zero-order chi connectivity index (χ0) is 14.3. The molecule has 1 N–H and O–H groups in total. The number of carbonyl (C=O) groups is 1. The molecule has 0 spiro atoms. The molecule has 1 aromatic carbocycles. The van der Waals surface area contributed by atoms with Gasteiger partial charge in [-0.05, 0) is 49.1 Å². The quantitative estimate of drug-likeness (QED) is 0.788. The van der Waals surface area contributed by atoms with Gasteiger partial charge in [-0.15, -0.1) is 11.3 Å². The summed E-state index contributed by atoms with van der Waals surface area (Å²) in [4.78, 5) is 12.4. The summed E-state index contributed by atoms with van der Waals surface area (Å²) in [5.41, 5.74) is 3.78. The summed E-state index contributed by atoms with van der Waals surface area (Å²) in [5, 5.41) is 12.2. The van der Waals surface area contributed by atoms with Crippen molar-refractivity contribution < 1.29 is 9.90 Å². The van der Waals surface area contributed by atoms with Crippen molar-refractivity contribution in [2.24, 2.45) is 0 Å². The summed E-state index contributed by atoms with van der Waals surface area (Å²) in [6.07, 6.45) is 0. The van der Waals surface area contributed by atoms with E-state index in [1.807, 2.05) is 13.0 Å². The van der Waals surface area contributed by atoms with Crippen molar-refractivity contribution in [2.75, 3.05) is 0 Å². The van der Waals surface area contributed by atoms with E-state index in [9.17, 15) is 4.79 Å². The van der Waals surface area contributed by atoms with Crippen molar-refractivity contribution in [1.29, 1.82) is 0 Å². The lowest BCUT2D eigenvalue weighted by atomic mass is 10.1. The van der Waals surface area contributed by atoms with E-state index in [0.717, 1.165) is 23.0 Å².